The Morgan fingerprint density at radius 1 is 1.53 bits per heavy atom. The first kappa shape index (κ1) is 14.7. The van der Waals surface area contributed by atoms with Gasteiger partial charge in [-0.25, -0.2) is 0 Å². The van der Waals surface area contributed by atoms with Crippen LogP contribution >= 0.6 is 0 Å². The molecule has 0 saturated carbocycles. The fourth-order valence-electron chi connectivity index (χ4n) is 1.42. The maximum Gasteiger partial charge on any atom is 0.289 e. The highest BCUT2D eigenvalue weighted by Crippen LogP contribution is 2.22. The molecule has 0 aromatic heterocycles. The van der Waals surface area contributed by atoms with Crippen molar-refractivity contribution >= 4 is 11.4 Å². The molecule has 6 nitrogen and oxygen atoms in total. The fourth-order valence-corrected chi connectivity index (χ4v) is 1.42. The number of rotatable bonds is 8. The first-order chi connectivity index (χ1) is 9.19. The van der Waals surface area contributed by atoms with Crippen LogP contribution in [0.2, 0.25) is 0 Å². The number of hydrogen-bond donors (Lipinski definition) is 1. The van der Waals surface area contributed by atoms with E-state index in [-0.39, 0.29) is 11.3 Å². The van der Waals surface area contributed by atoms with Gasteiger partial charge in [0.05, 0.1) is 18.1 Å². The predicted molar refractivity (Wildman–Crippen MR) is 71.9 cm³/mol. The fraction of sp³-hybridized carbons (Fsp3) is 0.308. The Morgan fingerprint density at radius 3 is 2.95 bits per heavy atom. The average molecular weight is 261 g/mol. The van der Waals surface area contributed by atoms with Crippen LogP contribution in [0.4, 0.5) is 11.4 Å². The van der Waals surface area contributed by atoms with E-state index in [9.17, 15) is 10.1 Å². The first-order valence-corrected chi connectivity index (χ1v) is 5.80. The molecule has 1 aromatic rings. The smallest absolute Gasteiger partial charge is 0.289 e. The van der Waals surface area contributed by atoms with Crippen LogP contribution in [0, 0.1) is 21.4 Å². The molecule has 0 unspecified atom stereocenters. The van der Waals surface area contributed by atoms with Crippen molar-refractivity contribution in [1.29, 1.82) is 5.26 Å². The molecule has 0 aliphatic rings. The zero-order valence-electron chi connectivity index (χ0n) is 10.5. The van der Waals surface area contributed by atoms with Gasteiger partial charge in [0.2, 0.25) is 0 Å². The summed E-state index contributed by atoms with van der Waals surface area (Å²) in [4.78, 5) is 10.2. The van der Waals surface area contributed by atoms with Gasteiger partial charge in [-0.05, 0) is 18.6 Å². The van der Waals surface area contributed by atoms with Crippen molar-refractivity contribution in [2.75, 3.05) is 25.1 Å². The largest absolute Gasteiger partial charge is 0.383 e. The third-order valence-electron chi connectivity index (χ3n) is 2.36. The number of hydrogen-bond acceptors (Lipinski definition) is 5. The second-order valence-corrected chi connectivity index (χ2v) is 3.72. The molecule has 0 heterocycles. The third kappa shape index (κ3) is 4.77. The SMILES string of the molecule is C=CCCOCCNc1ccc(C#N)c([N+](=O)[O-])c1. The molecule has 0 saturated heterocycles. The second kappa shape index (κ2) is 7.84. The van der Waals surface area contributed by atoms with Crippen molar-refractivity contribution in [1.82, 2.24) is 0 Å². The minimum absolute atomic E-state index is 0.0535. The third-order valence-corrected chi connectivity index (χ3v) is 2.36. The van der Waals surface area contributed by atoms with Gasteiger partial charge in [-0.15, -0.1) is 6.58 Å². The summed E-state index contributed by atoms with van der Waals surface area (Å²) in [7, 11) is 0. The maximum atomic E-state index is 10.8. The normalized spacial score (nSPS) is 9.63. The minimum Gasteiger partial charge on any atom is -0.383 e. The number of nitriles is 1. The summed E-state index contributed by atoms with van der Waals surface area (Å²) in [6, 6.07) is 6.20. The molecule has 6 heteroatoms. The Morgan fingerprint density at radius 2 is 2.32 bits per heavy atom. The van der Waals surface area contributed by atoms with Crippen molar-refractivity contribution in [3.05, 3.63) is 46.5 Å². The van der Waals surface area contributed by atoms with E-state index in [1.807, 2.05) is 0 Å². The van der Waals surface area contributed by atoms with Crippen LogP contribution in [-0.2, 0) is 4.74 Å². The van der Waals surface area contributed by atoms with Crippen LogP contribution in [0.3, 0.4) is 0 Å². The molecule has 100 valence electrons. The lowest BCUT2D eigenvalue weighted by Gasteiger charge is -2.07. The number of nitrogens with zero attached hydrogens (tertiary/aromatic N) is 2. The number of ether oxygens (including phenoxy) is 1. The molecule has 0 bridgehead atoms. The highest BCUT2D eigenvalue weighted by molar-refractivity contribution is 5.59. The van der Waals surface area contributed by atoms with Crippen molar-refractivity contribution < 1.29 is 9.66 Å². The summed E-state index contributed by atoms with van der Waals surface area (Å²) in [5.41, 5.74) is 0.455. The standard InChI is InChI=1S/C13H15N3O3/c1-2-3-7-19-8-6-15-12-5-4-11(10-14)13(9-12)16(17)18/h2,4-5,9,15H,1,3,6-8H2. The second-order valence-electron chi connectivity index (χ2n) is 3.72. The van der Waals surface area contributed by atoms with E-state index in [1.54, 1.807) is 18.2 Å². The Labute approximate surface area is 111 Å². The van der Waals surface area contributed by atoms with E-state index < -0.39 is 4.92 Å². The number of nitro benzene ring substituents is 1. The van der Waals surface area contributed by atoms with Gasteiger partial charge >= 0.3 is 0 Å². The lowest BCUT2D eigenvalue weighted by atomic mass is 10.2. The molecule has 0 amide bonds. The molecule has 1 rings (SSSR count). The van der Waals surface area contributed by atoms with Crippen molar-refractivity contribution in [3.63, 3.8) is 0 Å². The Kier molecular flexibility index (Phi) is 6.06. The zero-order chi connectivity index (χ0) is 14.1. The summed E-state index contributed by atoms with van der Waals surface area (Å²) in [5, 5.41) is 22.5. The first-order valence-electron chi connectivity index (χ1n) is 5.80. The maximum absolute atomic E-state index is 10.8. The Bertz CT molecular complexity index is 494. The van der Waals surface area contributed by atoms with E-state index >= 15 is 0 Å². The van der Waals surface area contributed by atoms with Gasteiger partial charge in [0.1, 0.15) is 11.6 Å². The monoisotopic (exact) mass is 261 g/mol. The molecular formula is C13H15N3O3. The number of benzene rings is 1. The van der Waals surface area contributed by atoms with Crippen LogP contribution in [0.15, 0.2) is 30.9 Å². The van der Waals surface area contributed by atoms with Gasteiger partial charge in [-0.3, -0.25) is 10.1 Å². The van der Waals surface area contributed by atoms with Gasteiger partial charge in [0.15, 0.2) is 0 Å². The van der Waals surface area contributed by atoms with E-state index in [4.69, 9.17) is 10.00 Å². The van der Waals surface area contributed by atoms with Crippen LogP contribution in [0.1, 0.15) is 12.0 Å². The van der Waals surface area contributed by atoms with Crippen LogP contribution in [0.25, 0.3) is 0 Å². The molecule has 0 spiro atoms. The minimum atomic E-state index is -0.565. The topological polar surface area (TPSA) is 88.2 Å². The Hall–Kier alpha value is -2.39. The van der Waals surface area contributed by atoms with E-state index in [2.05, 4.69) is 11.9 Å². The average Bonchev–Trinajstić information content (AvgIpc) is 2.42. The van der Waals surface area contributed by atoms with Crippen LogP contribution < -0.4 is 5.32 Å². The summed E-state index contributed by atoms with van der Waals surface area (Å²) < 4.78 is 5.30. The van der Waals surface area contributed by atoms with Gasteiger partial charge in [0, 0.05) is 18.3 Å². The zero-order valence-corrected chi connectivity index (χ0v) is 10.5. The number of nitrogens with one attached hydrogen (secondary N) is 1. The van der Waals surface area contributed by atoms with E-state index in [0.29, 0.717) is 25.4 Å². The lowest BCUT2D eigenvalue weighted by molar-refractivity contribution is -0.385. The molecule has 0 radical (unpaired) electrons. The molecule has 0 atom stereocenters. The summed E-state index contributed by atoms with van der Waals surface area (Å²) >= 11 is 0. The van der Waals surface area contributed by atoms with Gasteiger partial charge in [-0.2, -0.15) is 5.26 Å². The summed E-state index contributed by atoms with van der Waals surface area (Å²) in [5.74, 6) is 0. The van der Waals surface area contributed by atoms with Crippen LogP contribution in [0.5, 0.6) is 0 Å². The number of nitro groups is 1. The molecule has 1 N–H and O–H groups in total. The molecule has 0 aliphatic heterocycles. The van der Waals surface area contributed by atoms with Crippen molar-refractivity contribution in [3.8, 4) is 6.07 Å². The van der Waals surface area contributed by atoms with Crippen molar-refractivity contribution in [2.45, 2.75) is 6.42 Å². The quantitative estimate of drug-likeness (QED) is 0.336. The van der Waals surface area contributed by atoms with Crippen LogP contribution in [-0.4, -0.2) is 24.7 Å². The van der Waals surface area contributed by atoms with E-state index in [1.165, 1.54) is 12.1 Å². The van der Waals surface area contributed by atoms with Gasteiger partial charge < -0.3 is 10.1 Å². The highest BCUT2D eigenvalue weighted by atomic mass is 16.6. The van der Waals surface area contributed by atoms with E-state index in [0.717, 1.165) is 6.42 Å². The molecular weight excluding hydrogens is 246 g/mol. The molecule has 1 aromatic carbocycles. The molecule has 19 heavy (non-hydrogen) atoms. The highest BCUT2D eigenvalue weighted by Gasteiger charge is 2.13. The number of anilines is 1. The lowest BCUT2D eigenvalue weighted by Crippen LogP contribution is -2.10. The molecule has 0 aliphatic carbocycles. The Balaban J connectivity index is 2.51. The van der Waals surface area contributed by atoms with Gasteiger partial charge in [0.25, 0.3) is 5.69 Å². The van der Waals surface area contributed by atoms with Gasteiger partial charge in [-0.1, -0.05) is 6.08 Å². The van der Waals surface area contributed by atoms with Crippen molar-refractivity contribution in [2.24, 2.45) is 0 Å². The summed E-state index contributed by atoms with van der Waals surface area (Å²) in [6.45, 7) is 5.24. The predicted octanol–water partition coefficient (Wildman–Crippen LogP) is 2.47. The molecule has 0 fully saturated rings. The summed E-state index contributed by atoms with van der Waals surface area (Å²) in [6.07, 6.45) is 2.57.